The number of rotatable bonds is 6. The molecule has 0 unspecified atom stereocenters. The van der Waals surface area contributed by atoms with Crippen molar-refractivity contribution in [3.63, 3.8) is 0 Å². The monoisotopic (exact) mass is 355 g/mol. The Morgan fingerprint density at radius 3 is 2.52 bits per heavy atom. The van der Waals surface area contributed by atoms with Crippen LogP contribution in [-0.2, 0) is 6.54 Å². The third kappa shape index (κ3) is 3.58. The molecule has 1 aromatic carbocycles. The molecule has 0 radical (unpaired) electrons. The van der Waals surface area contributed by atoms with Gasteiger partial charge in [0.2, 0.25) is 0 Å². The molecule has 0 saturated heterocycles. The fraction of sp³-hybridized carbons (Fsp3) is 0.176. The maximum absolute atomic E-state index is 12.3. The lowest BCUT2D eigenvalue weighted by Gasteiger charge is -2.13. The molecule has 8 heteroatoms. The first-order chi connectivity index (χ1) is 12.1. The number of benzene rings is 1. The zero-order valence-corrected chi connectivity index (χ0v) is 14.3. The van der Waals surface area contributed by atoms with E-state index in [1.807, 2.05) is 0 Å². The summed E-state index contributed by atoms with van der Waals surface area (Å²) >= 11 is 5.13. The Hall–Kier alpha value is -3.00. The molecular weight excluding hydrogens is 338 g/mol. The van der Waals surface area contributed by atoms with Gasteiger partial charge in [-0.3, -0.25) is 19.2 Å². The van der Waals surface area contributed by atoms with Gasteiger partial charge in [0.05, 0.1) is 29.6 Å². The molecular formula is C17H17N5O2S. The quantitative estimate of drug-likeness (QED) is 0.466. The number of carbonyl (C=O) groups is 2. The summed E-state index contributed by atoms with van der Waals surface area (Å²) in [7, 11) is 0. The van der Waals surface area contributed by atoms with Crippen LogP contribution < -0.4 is 10.6 Å². The number of nitrogens with one attached hydrogen (secondary N) is 2. The van der Waals surface area contributed by atoms with Crippen LogP contribution in [-0.4, -0.2) is 44.7 Å². The number of carbonyl (C=O) groups excluding carboxylic acids is 2. The number of aromatic nitrogens is 2. The average molecular weight is 355 g/mol. The summed E-state index contributed by atoms with van der Waals surface area (Å²) in [6.07, 6.45) is 5.10. The number of thiocarbonyl (C=S) groups is 1. The summed E-state index contributed by atoms with van der Waals surface area (Å²) in [4.78, 5) is 25.9. The summed E-state index contributed by atoms with van der Waals surface area (Å²) in [5.41, 5.74) is 1.63. The molecule has 2 heterocycles. The van der Waals surface area contributed by atoms with Gasteiger partial charge >= 0.3 is 0 Å². The van der Waals surface area contributed by atoms with Crippen LogP contribution in [0.1, 0.15) is 20.7 Å². The van der Waals surface area contributed by atoms with E-state index in [2.05, 4.69) is 22.3 Å². The van der Waals surface area contributed by atoms with Crippen molar-refractivity contribution in [1.82, 2.24) is 20.0 Å². The van der Waals surface area contributed by atoms with Crippen LogP contribution in [0.5, 0.6) is 0 Å². The first-order valence-corrected chi connectivity index (χ1v) is 8.14. The zero-order chi connectivity index (χ0) is 17.8. The van der Waals surface area contributed by atoms with Crippen LogP contribution in [0.25, 0.3) is 0 Å². The van der Waals surface area contributed by atoms with Crippen molar-refractivity contribution in [1.29, 1.82) is 0 Å². The molecule has 0 spiro atoms. The topological polar surface area (TPSA) is 79.3 Å². The summed E-state index contributed by atoms with van der Waals surface area (Å²) in [5.74, 6) is -0.526. The number of hydrogen-bond donors (Lipinski definition) is 2. The minimum absolute atomic E-state index is 0.257. The highest BCUT2D eigenvalue weighted by atomic mass is 32.1. The third-order valence-corrected chi connectivity index (χ3v) is 3.98. The van der Waals surface area contributed by atoms with E-state index in [1.54, 1.807) is 47.4 Å². The normalized spacial score (nSPS) is 12.9. The number of fused-ring (bicyclic) bond motifs is 1. The first-order valence-electron chi connectivity index (χ1n) is 7.73. The van der Waals surface area contributed by atoms with Crippen molar-refractivity contribution in [3.05, 3.63) is 60.4 Å². The highest BCUT2D eigenvalue weighted by molar-refractivity contribution is 7.80. The van der Waals surface area contributed by atoms with E-state index in [9.17, 15) is 9.59 Å². The third-order valence-electron chi connectivity index (χ3n) is 3.73. The van der Waals surface area contributed by atoms with Gasteiger partial charge in [0.1, 0.15) is 0 Å². The van der Waals surface area contributed by atoms with E-state index < -0.39 is 0 Å². The highest BCUT2D eigenvalue weighted by Crippen LogP contribution is 2.22. The van der Waals surface area contributed by atoms with Gasteiger partial charge in [0, 0.05) is 19.3 Å². The van der Waals surface area contributed by atoms with Gasteiger partial charge in [-0.25, -0.2) is 0 Å². The summed E-state index contributed by atoms with van der Waals surface area (Å²) in [5, 5.41) is 10.6. The van der Waals surface area contributed by atoms with Crippen LogP contribution >= 0.6 is 12.2 Å². The van der Waals surface area contributed by atoms with E-state index in [4.69, 9.17) is 12.2 Å². The maximum atomic E-state index is 12.3. The Balaban J connectivity index is 1.58. The van der Waals surface area contributed by atoms with Crippen LogP contribution in [0.4, 0.5) is 5.69 Å². The fourth-order valence-corrected chi connectivity index (χ4v) is 2.74. The Bertz CT molecular complexity index is 810. The van der Waals surface area contributed by atoms with Crippen molar-refractivity contribution in [2.24, 2.45) is 0 Å². The van der Waals surface area contributed by atoms with Gasteiger partial charge in [-0.1, -0.05) is 18.2 Å². The van der Waals surface area contributed by atoms with E-state index in [1.165, 1.54) is 4.90 Å². The molecule has 0 saturated carbocycles. The van der Waals surface area contributed by atoms with Gasteiger partial charge < -0.3 is 10.6 Å². The second kappa shape index (κ2) is 7.27. The molecule has 2 N–H and O–H groups in total. The van der Waals surface area contributed by atoms with E-state index in [0.717, 1.165) is 5.69 Å². The lowest BCUT2D eigenvalue weighted by atomic mass is 10.1. The summed E-state index contributed by atoms with van der Waals surface area (Å²) in [6.45, 7) is 4.84. The lowest BCUT2D eigenvalue weighted by Crippen LogP contribution is -2.33. The zero-order valence-electron chi connectivity index (χ0n) is 13.4. The molecule has 2 amide bonds. The number of nitrogens with zero attached hydrogens (tertiary/aromatic N) is 3. The predicted octanol–water partition coefficient (Wildman–Crippen LogP) is 1.65. The van der Waals surface area contributed by atoms with Gasteiger partial charge in [-0.2, -0.15) is 5.10 Å². The molecule has 0 atom stereocenters. The Kier molecular flexibility index (Phi) is 4.90. The average Bonchev–Trinajstić information content (AvgIpc) is 3.15. The van der Waals surface area contributed by atoms with Crippen LogP contribution in [0.3, 0.4) is 0 Å². The second-order valence-electron chi connectivity index (χ2n) is 5.42. The number of amides is 2. The van der Waals surface area contributed by atoms with E-state index >= 15 is 0 Å². The number of anilines is 1. The lowest BCUT2D eigenvalue weighted by molar-refractivity contribution is 0.0647. The Morgan fingerprint density at radius 1 is 1.20 bits per heavy atom. The van der Waals surface area contributed by atoms with Crippen molar-refractivity contribution in [3.8, 4) is 0 Å². The molecule has 0 bridgehead atoms. The highest BCUT2D eigenvalue weighted by Gasteiger charge is 2.34. The molecule has 2 aromatic rings. The largest absolute Gasteiger partial charge is 0.359 e. The van der Waals surface area contributed by atoms with E-state index in [0.29, 0.717) is 29.3 Å². The smallest absolute Gasteiger partial charge is 0.261 e. The van der Waals surface area contributed by atoms with Crippen LogP contribution in [0.2, 0.25) is 0 Å². The standard InChI is InChI=1S/C17H17N5O2S/c1-2-7-18-17(25)20-12-10-19-21(11-12)8-9-22-15(23)13-5-3-4-6-14(13)16(22)24/h2-6,10-11H,1,7-9H2,(H2,18,20,25). The van der Waals surface area contributed by atoms with Crippen molar-refractivity contribution in [2.45, 2.75) is 6.54 Å². The summed E-state index contributed by atoms with van der Waals surface area (Å²) < 4.78 is 1.65. The minimum atomic E-state index is -0.263. The summed E-state index contributed by atoms with van der Waals surface area (Å²) in [6, 6.07) is 6.84. The minimum Gasteiger partial charge on any atom is -0.359 e. The van der Waals surface area contributed by atoms with Crippen molar-refractivity contribution >= 4 is 34.8 Å². The molecule has 1 aliphatic rings. The van der Waals surface area contributed by atoms with Gasteiger partial charge in [0.25, 0.3) is 11.8 Å². The molecule has 25 heavy (non-hydrogen) atoms. The van der Waals surface area contributed by atoms with Crippen LogP contribution in [0.15, 0.2) is 49.3 Å². The molecule has 128 valence electrons. The SMILES string of the molecule is C=CCNC(=S)Nc1cnn(CCN2C(=O)c3ccccc3C2=O)c1. The number of hydrogen-bond acceptors (Lipinski definition) is 4. The van der Waals surface area contributed by atoms with E-state index in [-0.39, 0.29) is 18.4 Å². The molecule has 7 nitrogen and oxygen atoms in total. The van der Waals surface area contributed by atoms with Crippen LogP contribution in [0, 0.1) is 0 Å². The molecule has 0 fully saturated rings. The predicted molar refractivity (Wildman–Crippen MR) is 98.5 cm³/mol. The van der Waals surface area contributed by atoms with Crippen molar-refractivity contribution < 1.29 is 9.59 Å². The molecule has 0 aliphatic carbocycles. The Labute approximate surface area is 150 Å². The molecule has 1 aromatic heterocycles. The molecule has 3 rings (SSSR count). The number of imide groups is 1. The van der Waals surface area contributed by atoms with Crippen molar-refractivity contribution in [2.75, 3.05) is 18.4 Å². The maximum Gasteiger partial charge on any atom is 0.261 e. The first kappa shape index (κ1) is 16.8. The molecule has 1 aliphatic heterocycles. The van der Waals surface area contributed by atoms with Gasteiger partial charge in [-0.15, -0.1) is 6.58 Å². The fourth-order valence-electron chi connectivity index (χ4n) is 2.54. The Morgan fingerprint density at radius 2 is 1.88 bits per heavy atom. The van der Waals surface area contributed by atoms with Gasteiger partial charge in [-0.05, 0) is 24.4 Å². The second-order valence-corrected chi connectivity index (χ2v) is 5.83. The van der Waals surface area contributed by atoms with Gasteiger partial charge in [0.15, 0.2) is 5.11 Å².